The van der Waals surface area contributed by atoms with E-state index >= 15 is 0 Å². The number of benzene rings is 1. The van der Waals surface area contributed by atoms with Gasteiger partial charge in [-0.05, 0) is 12.1 Å². The van der Waals surface area contributed by atoms with Crippen molar-refractivity contribution in [3.8, 4) is 0 Å². The van der Waals surface area contributed by atoms with Gasteiger partial charge in [0.1, 0.15) is 5.75 Å². The molecule has 0 aliphatic heterocycles. The van der Waals surface area contributed by atoms with Gasteiger partial charge in [-0.1, -0.05) is 18.2 Å². The average molecular weight is 216 g/mol. The summed E-state index contributed by atoms with van der Waals surface area (Å²) in [7, 11) is -2.19. The van der Waals surface area contributed by atoms with Crippen LogP contribution < -0.4 is 0 Å². The van der Waals surface area contributed by atoms with Gasteiger partial charge in [0.15, 0.2) is 16.1 Å². The monoisotopic (exact) mass is 216 g/mol. The van der Waals surface area contributed by atoms with Gasteiger partial charge in [0.05, 0.1) is 4.90 Å². The summed E-state index contributed by atoms with van der Waals surface area (Å²) >= 11 is 0. The first kappa shape index (κ1) is 11.2. The third-order valence-electron chi connectivity index (χ3n) is 1.74. The Kier molecular flexibility index (Phi) is 3.62. The fourth-order valence-corrected chi connectivity index (χ4v) is 2.26. The summed E-state index contributed by atoms with van der Waals surface area (Å²) in [5, 5.41) is 9.05. The second kappa shape index (κ2) is 4.54. The topological polar surface area (TPSA) is 63.6 Å². The van der Waals surface area contributed by atoms with Crippen molar-refractivity contribution >= 4 is 9.84 Å². The van der Waals surface area contributed by atoms with Crippen LogP contribution in [-0.4, -0.2) is 32.7 Å². The van der Waals surface area contributed by atoms with Crippen LogP contribution in [0, 0.1) is 0 Å². The van der Waals surface area contributed by atoms with Crippen LogP contribution in [0.25, 0.3) is 0 Å². The number of hydrogen-bond donors (Lipinski definition) is 1. The molecule has 0 heterocycles. The molecule has 1 aromatic rings. The molecule has 0 aliphatic carbocycles. The number of methoxy groups -OCH3 is 1. The third kappa shape index (κ3) is 2.80. The molecule has 0 saturated carbocycles. The molecule has 1 N–H and O–H groups in total. The van der Waals surface area contributed by atoms with Gasteiger partial charge in [-0.15, -0.1) is 0 Å². The van der Waals surface area contributed by atoms with E-state index in [1.165, 1.54) is 19.2 Å². The van der Waals surface area contributed by atoms with Crippen LogP contribution in [0.2, 0.25) is 0 Å². The van der Waals surface area contributed by atoms with E-state index in [9.17, 15) is 8.42 Å². The summed E-state index contributed by atoms with van der Waals surface area (Å²) in [6.45, 7) is 0. The summed E-state index contributed by atoms with van der Waals surface area (Å²) in [4.78, 5) is 0.191. The molecule has 78 valence electrons. The van der Waals surface area contributed by atoms with Crippen LogP contribution in [0.4, 0.5) is 0 Å². The first-order chi connectivity index (χ1) is 6.56. The molecule has 0 saturated heterocycles. The van der Waals surface area contributed by atoms with Gasteiger partial charge in [0, 0.05) is 7.11 Å². The smallest absolute Gasteiger partial charge is 0.183 e. The van der Waals surface area contributed by atoms with Gasteiger partial charge in [0.2, 0.25) is 0 Å². The van der Waals surface area contributed by atoms with E-state index in [2.05, 4.69) is 4.74 Å². The third-order valence-corrected chi connectivity index (χ3v) is 3.45. The van der Waals surface area contributed by atoms with Gasteiger partial charge >= 0.3 is 0 Å². The lowest BCUT2D eigenvalue weighted by Crippen LogP contribution is -2.22. The Labute approximate surface area is 83.1 Å². The first-order valence-electron chi connectivity index (χ1n) is 4.05. The normalized spacial score (nSPS) is 13.9. The highest BCUT2D eigenvalue weighted by Gasteiger charge is 2.18. The van der Waals surface area contributed by atoms with Crippen molar-refractivity contribution in [2.45, 2.75) is 11.2 Å². The molecule has 1 unspecified atom stereocenters. The van der Waals surface area contributed by atoms with Crippen molar-refractivity contribution in [3.05, 3.63) is 30.3 Å². The van der Waals surface area contributed by atoms with E-state index < -0.39 is 21.9 Å². The van der Waals surface area contributed by atoms with Crippen molar-refractivity contribution in [1.82, 2.24) is 0 Å². The Balaban J connectivity index is 2.87. The summed E-state index contributed by atoms with van der Waals surface area (Å²) in [6, 6.07) is 7.96. The lowest BCUT2D eigenvalue weighted by atomic mass is 10.4. The van der Waals surface area contributed by atoms with Crippen LogP contribution >= 0.6 is 0 Å². The average Bonchev–Trinajstić information content (AvgIpc) is 2.18. The van der Waals surface area contributed by atoms with E-state index in [1.54, 1.807) is 18.2 Å². The molecular formula is C9H12O4S. The summed E-state index contributed by atoms with van der Waals surface area (Å²) < 4.78 is 27.6. The van der Waals surface area contributed by atoms with Crippen LogP contribution in [-0.2, 0) is 14.6 Å². The van der Waals surface area contributed by atoms with E-state index in [0.29, 0.717) is 0 Å². The molecule has 14 heavy (non-hydrogen) atoms. The highest BCUT2D eigenvalue weighted by molar-refractivity contribution is 7.91. The predicted molar refractivity (Wildman–Crippen MR) is 51.5 cm³/mol. The van der Waals surface area contributed by atoms with Gasteiger partial charge in [-0.3, -0.25) is 0 Å². The van der Waals surface area contributed by atoms with Crippen molar-refractivity contribution < 1.29 is 18.3 Å². The quantitative estimate of drug-likeness (QED) is 0.741. The molecule has 0 amide bonds. The Hall–Kier alpha value is -0.910. The molecule has 4 nitrogen and oxygen atoms in total. The predicted octanol–water partition coefficient (Wildman–Crippen LogP) is 0.425. The standard InChI is InChI=1S/C9H12O4S/c1-13-9(10)7-14(11,12)8-5-3-2-4-6-8/h2-6,9-10H,7H2,1H3. The summed E-state index contributed by atoms with van der Waals surface area (Å²) in [5.74, 6) is -0.423. The minimum atomic E-state index is -3.45. The van der Waals surface area contributed by atoms with E-state index in [4.69, 9.17) is 5.11 Å². The van der Waals surface area contributed by atoms with Gasteiger partial charge in [-0.25, -0.2) is 8.42 Å². The summed E-state index contributed by atoms with van der Waals surface area (Å²) in [5.41, 5.74) is 0. The minimum absolute atomic E-state index is 0.191. The number of sulfone groups is 1. The molecular weight excluding hydrogens is 204 g/mol. The summed E-state index contributed by atoms with van der Waals surface area (Å²) in [6.07, 6.45) is -1.28. The number of aliphatic hydroxyl groups excluding tert-OH is 1. The van der Waals surface area contributed by atoms with Crippen LogP contribution in [0.3, 0.4) is 0 Å². The Morgan fingerprint density at radius 1 is 1.36 bits per heavy atom. The van der Waals surface area contributed by atoms with Crippen LogP contribution in [0.1, 0.15) is 0 Å². The Morgan fingerprint density at radius 3 is 2.43 bits per heavy atom. The van der Waals surface area contributed by atoms with E-state index in [-0.39, 0.29) is 4.90 Å². The zero-order valence-electron chi connectivity index (χ0n) is 7.75. The zero-order valence-corrected chi connectivity index (χ0v) is 8.57. The van der Waals surface area contributed by atoms with Crippen molar-refractivity contribution in [1.29, 1.82) is 0 Å². The molecule has 0 radical (unpaired) electrons. The maximum Gasteiger partial charge on any atom is 0.183 e. The molecule has 1 rings (SSSR count). The van der Waals surface area contributed by atoms with Crippen LogP contribution in [0.15, 0.2) is 35.2 Å². The Morgan fingerprint density at radius 2 is 1.93 bits per heavy atom. The number of rotatable bonds is 4. The zero-order chi connectivity index (χ0) is 10.6. The molecule has 0 aromatic heterocycles. The van der Waals surface area contributed by atoms with E-state index in [0.717, 1.165) is 0 Å². The second-order valence-corrected chi connectivity index (χ2v) is 4.82. The lowest BCUT2D eigenvalue weighted by molar-refractivity contribution is -0.0556. The number of hydrogen-bond acceptors (Lipinski definition) is 4. The van der Waals surface area contributed by atoms with Crippen LogP contribution in [0.5, 0.6) is 0 Å². The molecule has 5 heteroatoms. The number of ether oxygens (including phenoxy) is 1. The fourth-order valence-electron chi connectivity index (χ4n) is 0.980. The highest BCUT2D eigenvalue weighted by atomic mass is 32.2. The van der Waals surface area contributed by atoms with Gasteiger partial charge < -0.3 is 9.84 Å². The maximum absolute atomic E-state index is 11.6. The number of aliphatic hydroxyl groups is 1. The van der Waals surface area contributed by atoms with Gasteiger partial charge in [0.25, 0.3) is 0 Å². The van der Waals surface area contributed by atoms with Crippen molar-refractivity contribution in [3.63, 3.8) is 0 Å². The molecule has 0 bridgehead atoms. The van der Waals surface area contributed by atoms with Crippen molar-refractivity contribution in [2.24, 2.45) is 0 Å². The minimum Gasteiger partial charge on any atom is -0.367 e. The molecule has 0 spiro atoms. The molecule has 1 atom stereocenters. The Bertz CT molecular complexity index is 371. The molecule has 1 aromatic carbocycles. The fraction of sp³-hybridized carbons (Fsp3) is 0.333. The molecule has 0 aliphatic rings. The molecule has 0 fully saturated rings. The SMILES string of the molecule is COC(O)CS(=O)(=O)c1ccccc1. The highest BCUT2D eigenvalue weighted by Crippen LogP contribution is 2.11. The second-order valence-electron chi connectivity index (χ2n) is 2.78. The van der Waals surface area contributed by atoms with Crippen molar-refractivity contribution in [2.75, 3.05) is 12.9 Å². The largest absolute Gasteiger partial charge is 0.367 e. The maximum atomic E-state index is 11.6. The lowest BCUT2D eigenvalue weighted by Gasteiger charge is -2.08. The first-order valence-corrected chi connectivity index (χ1v) is 5.70. The van der Waals surface area contributed by atoms with Gasteiger partial charge in [-0.2, -0.15) is 0 Å². The van der Waals surface area contributed by atoms with E-state index in [1.807, 2.05) is 0 Å².